The number of anilines is 2. The molecule has 0 heterocycles. The molecule has 0 saturated heterocycles. The van der Waals surface area contributed by atoms with Crippen molar-refractivity contribution in [3.05, 3.63) is 57.6 Å². The highest BCUT2D eigenvalue weighted by atomic mass is 35.5. The number of carbonyl (C=O) groups is 1. The second-order valence-electron chi connectivity index (χ2n) is 5.14. The number of carbonyl (C=O) groups excluding carboxylic acids is 1. The van der Waals surface area contributed by atoms with Gasteiger partial charge in [-0.1, -0.05) is 29.3 Å². The SMILES string of the molecule is Cc1cc(Cl)ccc1NCCC(=O)Nc1cc(Cl)ccc1C. The van der Waals surface area contributed by atoms with Gasteiger partial charge in [0, 0.05) is 34.4 Å². The maximum absolute atomic E-state index is 12.0. The van der Waals surface area contributed by atoms with E-state index in [0.29, 0.717) is 23.0 Å². The zero-order valence-electron chi connectivity index (χ0n) is 12.5. The van der Waals surface area contributed by atoms with Crippen LogP contribution in [0.1, 0.15) is 17.5 Å². The molecule has 2 N–H and O–H groups in total. The van der Waals surface area contributed by atoms with Crippen LogP contribution in [0, 0.1) is 13.8 Å². The first-order chi connectivity index (χ1) is 10.5. The van der Waals surface area contributed by atoms with Crippen molar-refractivity contribution in [2.75, 3.05) is 17.2 Å². The molecule has 3 nitrogen and oxygen atoms in total. The molecule has 0 aliphatic carbocycles. The zero-order valence-corrected chi connectivity index (χ0v) is 14.1. The van der Waals surface area contributed by atoms with Gasteiger partial charge in [-0.2, -0.15) is 0 Å². The standard InChI is InChI=1S/C17H18Cl2N2O/c1-11-3-4-14(19)10-16(11)21-17(22)7-8-20-15-6-5-13(18)9-12(15)2/h3-6,9-10,20H,7-8H2,1-2H3,(H,21,22). The fourth-order valence-corrected chi connectivity index (χ4v) is 2.48. The average molecular weight is 337 g/mol. The second-order valence-corrected chi connectivity index (χ2v) is 6.02. The van der Waals surface area contributed by atoms with Crippen molar-refractivity contribution in [2.24, 2.45) is 0 Å². The molecule has 0 spiro atoms. The minimum atomic E-state index is -0.0514. The number of rotatable bonds is 5. The third kappa shape index (κ3) is 4.65. The highest BCUT2D eigenvalue weighted by molar-refractivity contribution is 6.31. The molecule has 0 radical (unpaired) electrons. The lowest BCUT2D eigenvalue weighted by Gasteiger charge is -2.11. The van der Waals surface area contributed by atoms with E-state index < -0.39 is 0 Å². The molecular formula is C17H18Cl2N2O. The molecule has 2 aromatic carbocycles. The summed E-state index contributed by atoms with van der Waals surface area (Å²) < 4.78 is 0. The maximum atomic E-state index is 12.0. The first-order valence-corrected chi connectivity index (χ1v) is 7.77. The molecule has 2 rings (SSSR count). The van der Waals surface area contributed by atoms with Crippen LogP contribution in [-0.2, 0) is 4.79 Å². The van der Waals surface area contributed by atoms with E-state index in [1.54, 1.807) is 12.1 Å². The van der Waals surface area contributed by atoms with Crippen LogP contribution in [0.15, 0.2) is 36.4 Å². The van der Waals surface area contributed by atoms with Crippen LogP contribution in [0.3, 0.4) is 0 Å². The van der Waals surface area contributed by atoms with Crippen molar-refractivity contribution in [1.29, 1.82) is 0 Å². The zero-order chi connectivity index (χ0) is 16.1. The molecule has 5 heteroatoms. The van der Waals surface area contributed by atoms with E-state index in [-0.39, 0.29) is 5.91 Å². The molecule has 116 valence electrons. The van der Waals surface area contributed by atoms with Gasteiger partial charge in [0.1, 0.15) is 0 Å². The summed E-state index contributed by atoms with van der Waals surface area (Å²) in [5.41, 5.74) is 3.77. The summed E-state index contributed by atoms with van der Waals surface area (Å²) in [7, 11) is 0. The predicted molar refractivity (Wildman–Crippen MR) is 94.1 cm³/mol. The third-order valence-corrected chi connectivity index (χ3v) is 3.80. The molecule has 0 unspecified atom stereocenters. The van der Waals surface area contributed by atoms with Crippen LogP contribution >= 0.6 is 23.2 Å². The summed E-state index contributed by atoms with van der Waals surface area (Å²) in [5, 5.41) is 7.43. The van der Waals surface area contributed by atoms with Crippen LogP contribution in [0.4, 0.5) is 11.4 Å². The Morgan fingerprint density at radius 3 is 2.36 bits per heavy atom. The van der Waals surface area contributed by atoms with Gasteiger partial charge in [0.15, 0.2) is 0 Å². The lowest BCUT2D eigenvalue weighted by molar-refractivity contribution is -0.115. The van der Waals surface area contributed by atoms with Gasteiger partial charge in [-0.05, 0) is 55.3 Å². The largest absolute Gasteiger partial charge is 0.384 e. The molecule has 0 aromatic heterocycles. The second kappa shape index (κ2) is 7.52. The maximum Gasteiger partial charge on any atom is 0.226 e. The van der Waals surface area contributed by atoms with E-state index in [4.69, 9.17) is 23.2 Å². The van der Waals surface area contributed by atoms with Gasteiger partial charge >= 0.3 is 0 Å². The van der Waals surface area contributed by atoms with Crippen LogP contribution in [0.2, 0.25) is 10.0 Å². The summed E-state index contributed by atoms with van der Waals surface area (Å²) in [6.45, 7) is 4.46. The Balaban J connectivity index is 1.86. The molecule has 0 fully saturated rings. The van der Waals surface area contributed by atoms with Crippen LogP contribution in [0.25, 0.3) is 0 Å². The summed E-state index contributed by atoms with van der Waals surface area (Å²) in [5.74, 6) is -0.0514. The van der Waals surface area contributed by atoms with Crippen molar-refractivity contribution in [1.82, 2.24) is 0 Å². The molecular weight excluding hydrogens is 319 g/mol. The van der Waals surface area contributed by atoms with Crippen molar-refractivity contribution in [3.63, 3.8) is 0 Å². The average Bonchev–Trinajstić information content (AvgIpc) is 2.45. The van der Waals surface area contributed by atoms with Gasteiger partial charge in [0.05, 0.1) is 0 Å². The number of benzene rings is 2. The number of amides is 1. The van der Waals surface area contributed by atoms with E-state index in [0.717, 1.165) is 22.5 Å². The number of hydrogen-bond donors (Lipinski definition) is 2. The summed E-state index contributed by atoms with van der Waals surface area (Å²) >= 11 is 11.9. The highest BCUT2D eigenvalue weighted by Crippen LogP contribution is 2.21. The molecule has 1 amide bonds. The van der Waals surface area contributed by atoms with Crippen LogP contribution in [-0.4, -0.2) is 12.5 Å². The smallest absolute Gasteiger partial charge is 0.226 e. The van der Waals surface area contributed by atoms with Gasteiger partial charge in [-0.3, -0.25) is 4.79 Å². The fraction of sp³-hybridized carbons (Fsp3) is 0.235. The Morgan fingerprint density at radius 1 is 0.955 bits per heavy atom. The minimum Gasteiger partial charge on any atom is -0.384 e. The van der Waals surface area contributed by atoms with Crippen LogP contribution in [0.5, 0.6) is 0 Å². The number of nitrogens with one attached hydrogen (secondary N) is 2. The van der Waals surface area contributed by atoms with E-state index in [2.05, 4.69) is 10.6 Å². The molecule has 0 bridgehead atoms. The lowest BCUT2D eigenvalue weighted by Crippen LogP contribution is -2.17. The Labute approximate surface area is 140 Å². The Morgan fingerprint density at radius 2 is 1.64 bits per heavy atom. The molecule has 0 aliphatic heterocycles. The molecule has 0 atom stereocenters. The number of halogens is 2. The number of hydrogen-bond acceptors (Lipinski definition) is 2. The lowest BCUT2D eigenvalue weighted by atomic mass is 10.2. The summed E-state index contributed by atoms with van der Waals surface area (Å²) in [6.07, 6.45) is 0.369. The molecule has 0 saturated carbocycles. The van der Waals surface area contributed by atoms with Gasteiger partial charge in [0.2, 0.25) is 5.91 Å². The van der Waals surface area contributed by atoms with E-state index in [9.17, 15) is 4.79 Å². The predicted octanol–water partition coefficient (Wildman–Crippen LogP) is 5.05. The molecule has 0 aliphatic rings. The first-order valence-electron chi connectivity index (χ1n) is 7.02. The number of aryl methyl sites for hydroxylation is 2. The van der Waals surface area contributed by atoms with E-state index in [1.165, 1.54) is 0 Å². The quantitative estimate of drug-likeness (QED) is 0.801. The Kier molecular flexibility index (Phi) is 5.69. The van der Waals surface area contributed by atoms with Crippen molar-refractivity contribution in [3.8, 4) is 0 Å². The highest BCUT2D eigenvalue weighted by Gasteiger charge is 2.06. The van der Waals surface area contributed by atoms with Crippen LogP contribution < -0.4 is 10.6 Å². The van der Waals surface area contributed by atoms with Gasteiger partial charge in [0.25, 0.3) is 0 Å². The molecule has 22 heavy (non-hydrogen) atoms. The van der Waals surface area contributed by atoms with Crippen molar-refractivity contribution >= 4 is 40.5 Å². The van der Waals surface area contributed by atoms with Crippen molar-refractivity contribution in [2.45, 2.75) is 20.3 Å². The van der Waals surface area contributed by atoms with Gasteiger partial charge < -0.3 is 10.6 Å². The van der Waals surface area contributed by atoms with Crippen molar-refractivity contribution < 1.29 is 4.79 Å². The van der Waals surface area contributed by atoms with Gasteiger partial charge in [-0.25, -0.2) is 0 Å². The normalized spacial score (nSPS) is 10.4. The van der Waals surface area contributed by atoms with Gasteiger partial charge in [-0.15, -0.1) is 0 Å². The fourth-order valence-electron chi connectivity index (χ4n) is 2.08. The minimum absolute atomic E-state index is 0.0514. The Hall–Kier alpha value is -1.71. The summed E-state index contributed by atoms with van der Waals surface area (Å²) in [6, 6.07) is 11.1. The Bertz CT molecular complexity index is 686. The van der Waals surface area contributed by atoms with E-state index in [1.807, 2.05) is 38.1 Å². The monoisotopic (exact) mass is 336 g/mol. The first kappa shape index (κ1) is 16.7. The third-order valence-electron chi connectivity index (χ3n) is 3.33. The topological polar surface area (TPSA) is 41.1 Å². The summed E-state index contributed by atoms with van der Waals surface area (Å²) in [4.78, 5) is 12.0. The van der Waals surface area contributed by atoms with E-state index >= 15 is 0 Å². The molecule has 2 aromatic rings.